The fourth-order valence-electron chi connectivity index (χ4n) is 1.79. The van der Waals surface area contributed by atoms with Crippen molar-refractivity contribution in [1.82, 2.24) is 9.78 Å². The van der Waals surface area contributed by atoms with E-state index >= 15 is 0 Å². The molecule has 2 N–H and O–H groups in total. The number of hydrogen-bond acceptors (Lipinski definition) is 3. The monoisotopic (exact) mass is 283 g/mol. The van der Waals surface area contributed by atoms with Crippen LogP contribution in [0.25, 0.3) is 0 Å². The second-order valence-electron chi connectivity index (χ2n) is 4.66. The van der Waals surface area contributed by atoms with E-state index in [4.69, 9.17) is 5.11 Å². The first-order chi connectivity index (χ1) is 10.1. The molecule has 1 aromatic heterocycles. The summed E-state index contributed by atoms with van der Waals surface area (Å²) in [4.78, 5) is 12.1. The average Bonchev–Trinajstić information content (AvgIpc) is 2.89. The molecule has 0 atom stereocenters. The van der Waals surface area contributed by atoms with Crippen molar-refractivity contribution < 1.29 is 9.90 Å². The summed E-state index contributed by atoms with van der Waals surface area (Å²) in [5.41, 5.74) is 3.06. The maximum atomic E-state index is 12.1. The van der Waals surface area contributed by atoms with Gasteiger partial charge in [0, 0.05) is 30.9 Å². The summed E-state index contributed by atoms with van der Waals surface area (Å²) in [7, 11) is 1.76. The van der Waals surface area contributed by atoms with Gasteiger partial charge in [-0.05, 0) is 24.6 Å². The third-order valence-electron chi connectivity index (χ3n) is 2.92. The molecule has 21 heavy (non-hydrogen) atoms. The van der Waals surface area contributed by atoms with Crippen LogP contribution in [0.5, 0.6) is 0 Å². The molecule has 0 saturated carbocycles. The highest BCUT2D eigenvalue weighted by atomic mass is 16.2. The Morgan fingerprint density at radius 1 is 1.48 bits per heavy atom. The number of aliphatic hydroxyl groups excluding tert-OH is 1. The lowest BCUT2D eigenvalue weighted by Crippen LogP contribution is -2.11. The number of amides is 1. The number of aromatic nitrogens is 2. The highest BCUT2D eigenvalue weighted by Gasteiger charge is 2.08. The van der Waals surface area contributed by atoms with Crippen molar-refractivity contribution in [2.75, 3.05) is 11.9 Å². The van der Waals surface area contributed by atoms with E-state index in [-0.39, 0.29) is 12.5 Å². The Labute approximate surface area is 123 Å². The highest BCUT2D eigenvalue weighted by molar-refractivity contribution is 6.04. The zero-order chi connectivity index (χ0) is 15.2. The van der Waals surface area contributed by atoms with E-state index in [9.17, 15) is 4.79 Å². The summed E-state index contributed by atoms with van der Waals surface area (Å²) in [5.74, 6) is 5.67. The molecule has 1 aromatic carbocycles. The van der Waals surface area contributed by atoms with Crippen molar-refractivity contribution in [1.29, 1.82) is 0 Å². The Kier molecular flexibility index (Phi) is 4.75. The fourth-order valence-corrected chi connectivity index (χ4v) is 1.79. The maximum absolute atomic E-state index is 12.1. The molecule has 2 rings (SSSR count). The van der Waals surface area contributed by atoms with Crippen LogP contribution in [0.2, 0.25) is 0 Å². The zero-order valence-corrected chi connectivity index (χ0v) is 12.1. The van der Waals surface area contributed by atoms with Gasteiger partial charge in [0.05, 0.1) is 18.4 Å². The van der Waals surface area contributed by atoms with Crippen molar-refractivity contribution in [2.45, 2.75) is 13.3 Å². The average molecular weight is 283 g/mol. The predicted octanol–water partition coefficient (Wildman–Crippen LogP) is 1.71. The fraction of sp³-hybridized carbons (Fsp3) is 0.250. The molecule has 0 unspecified atom stereocenters. The van der Waals surface area contributed by atoms with Gasteiger partial charge in [-0.3, -0.25) is 9.48 Å². The van der Waals surface area contributed by atoms with Crippen LogP contribution in [0, 0.1) is 18.8 Å². The number of nitrogens with one attached hydrogen (secondary N) is 1. The molecule has 0 radical (unpaired) electrons. The van der Waals surface area contributed by atoms with Crippen LogP contribution in [-0.2, 0) is 7.05 Å². The molecule has 108 valence electrons. The Balaban J connectivity index is 2.16. The van der Waals surface area contributed by atoms with Gasteiger partial charge in [0.1, 0.15) is 0 Å². The van der Waals surface area contributed by atoms with Crippen LogP contribution in [0.1, 0.15) is 27.9 Å². The first-order valence-electron chi connectivity index (χ1n) is 6.60. The third-order valence-corrected chi connectivity index (χ3v) is 2.92. The normalized spacial score (nSPS) is 9.86. The summed E-state index contributed by atoms with van der Waals surface area (Å²) in [6.45, 7) is 2.00. The van der Waals surface area contributed by atoms with E-state index in [0.717, 1.165) is 11.1 Å². The number of aliphatic hydroxyl groups is 1. The van der Waals surface area contributed by atoms with Gasteiger partial charge in [-0.1, -0.05) is 17.9 Å². The third kappa shape index (κ3) is 3.94. The van der Waals surface area contributed by atoms with Gasteiger partial charge >= 0.3 is 0 Å². The molecule has 0 bridgehead atoms. The minimum absolute atomic E-state index is 0.0451. The largest absolute Gasteiger partial charge is 0.395 e. The first kappa shape index (κ1) is 14.8. The molecule has 0 aliphatic rings. The maximum Gasteiger partial charge on any atom is 0.258 e. The molecule has 5 heteroatoms. The first-order valence-corrected chi connectivity index (χ1v) is 6.60. The lowest BCUT2D eigenvalue weighted by molar-refractivity contribution is 0.102. The van der Waals surface area contributed by atoms with Crippen molar-refractivity contribution in [2.24, 2.45) is 7.05 Å². The van der Waals surface area contributed by atoms with Crippen LogP contribution in [-0.4, -0.2) is 27.4 Å². The number of aryl methyl sites for hydroxylation is 2. The molecule has 0 aliphatic carbocycles. The summed E-state index contributed by atoms with van der Waals surface area (Å²) in [6.07, 6.45) is 3.61. The summed E-state index contributed by atoms with van der Waals surface area (Å²) in [6, 6.07) is 5.57. The van der Waals surface area contributed by atoms with Gasteiger partial charge in [0.2, 0.25) is 0 Å². The second kappa shape index (κ2) is 6.73. The van der Waals surface area contributed by atoms with Gasteiger partial charge in [-0.15, -0.1) is 0 Å². The Morgan fingerprint density at radius 2 is 2.29 bits per heavy atom. The minimum Gasteiger partial charge on any atom is -0.395 e. The molecule has 2 aromatic rings. The smallest absolute Gasteiger partial charge is 0.258 e. The number of benzene rings is 1. The summed E-state index contributed by atoms with van der Waals surface area (Å²) < 4.78 is 1.58. The van der Waals surface area contributed by atoms with Crippen LogP contribution in [0.15, 0.2) is 30.6 Å². The molecule has 1 amide bonds. The van der Waals surface area contributed by atoms with E-state index in [1.165, 1.54) is 6.20 Å². The molecule has 0 saturated heterocycles. The Morgan fingerprint density at radius 3 is 2.95 bits per heavy atom. The number of carbonyl (C=O) groups excluding carboxylic acids is 1. The van der Waals surface area contributed by atoms with Crippen molar-refractivity contribution >= 4 is 11.6 Å². The van der Waals surface area contributed by atoms with E-state index in [0.29, 0.717) is 17.7 Å². The molecule has 0 spiro atoms. The summed E-state index contributed by atoms with van der Waals surface area (Å²) in [5, 5.41) is 15.5. The Bertz CT molecular complexity index is 708. The number of hydrogen-bond donors (Lipinski definition) is 2. The number of nitrogens with zero attached hydrogens (tertiary/aromatic N) is 2. The van der Waals surface area contributed by atoms with Crippen molar-refractivity contribution in [3.63, 3.8) is 0 Å². The van der Waals surface area contributed by atoms with Gasteiger partial charge in [-0.25, -0.2) is 0 Å². The predicted molar refractivity (Wildman–Crippen MR) is 80.9 cm³/mol. The van der Waals surface area contributed by atoms with Crippen LogP contribution in [0.3, 0.4) is 0 Å². The molecule has 0 fully saturated rings. The number of rotatable bonds is 3. The van der Waals surface area contributed by atoms with E-state index in [2.05, 4.69) is 22.3 Å². The topological polar surface area (TPSA) is 67.2 Å². The van der Waals surface area contributed by atoms with Gasteiger partial charge < -0.3 is 10.4 Å². The van der Waals surface area contributed by atoms with Crippen molar-refractivity contribution in [3.8, 4) is 11.8 Å². The standard InChI is InChI=1S/C16H17N3O2/c1-12-6-7-15(9-13(12)5-3-4-8-20)18-16(21)14-10-17-19(2)11-14/h6-7,9-11,20H,4,8H2,1-2H3,(H,18,21). The lowest BCUT2D eigenvalue weighted by Gasteiger charge is -2.06. The molecule has 1 heterocycles. The highest BCUT2D eigenvalue weighted by Crippen LogP contribution is 2.15. The van der Waals surface area contributed by atoms with Gasteiger partial charge in [-0.2, -0.15) is 5.10 Å². The van der Waals surface area contributed by atoms with Crippen LogP contribution in [0.4, 0.5) is 5.69 Å². The number of anilines is 1. The van der Waals surface area contributed by atoms with Crippen molar-refractivity contribution in [3.05, 3.63) is 47.3 Å². The molecule has 5 nitrogen and oxygen atoms in total. The molecular formula is C16H17N3O2. The van der Waals surface area contributed by atoms with E-state index in [1.807, 2.05) is 25.1 Å². The molecular weight excluding hydrogens is 266 g/mol. The minimum atomic E-state index is -0.207. The summed E-state index contributed by atoms with van der Waals surface area (Å²) >= 11 is 0. The Hall–Kier alpha value is -2.58. The van der Waals surface area contributed by atoms with E-state index < -0.39 is 0 Å². The van der Waals surface area contributed by atoms with Gasteiger partial charge in [0.25, 0.3) is 5.91 Å². The second-order valence-corrected chi connectivity index (χ2v) is 4.66. The molecule has 0 aliphatic heterocycles. The quantitative estimate of drug-likeness (QED) is 0.843. The van der Waals surface area contributed by atoms with Gasteiger partial charge in [0.15, 0.2) is 0 Å². The lowest BCUT2D eigenvalue weighted by atomic mass is 10.1. The zero-order valence-electron chi connectivity index (χ0n) is 12.1. The van der Waals surface area contributed by atoms with Crippen LogP contribution < -0.4 is 5.32 Å². The van der Waals surface area contributed by atoms with E-state index in [1.54, 1.807) is 17.9 Å². The number of carbonyl (C=O) groups is 1. The van der Waals surface area contributed by atoms with Crippen LogP contribution >= 0.6 is 0 Å². The SMILES string of the molecule is Cc1ccc(NC(=O)c2cnn(C)c2)cc1C#CCCO.